The second-order valence-corrected chi connectivity index (χ2v) is 6.85. The summed E-state index contributed by atoms with van der Waals surface area (Å²) < 4.78 is 0. The van der Waals surface area contributed by atoms with Crippen LogP contribution in [0.2, 0.25) is 0 Å². The minimum absolute atomic E-state index is 0.0169. The van der Waals surface area contributed by atoms with Gasteiger partial charge in [-0.2, -0.15) is 0 Å². The lowest BCUT2D eigenvalue weighted by atomic mass is 9.94. The summed E-state index contributed by atoms with van der Waals surface area (Å²) in [5, 5.41) is 0. The number of anilines is 1. The summed E-state index contributed by atoms with van der Waals surface area (Å²) in [6.45, 7) is 5.92. The summed E-state index contributed by atoms with van der Waals surface area (Å²) in [7, 11) is 0. The first-order valence-electron chi connectivity index (χ1n) is 9.32. The predicted molar refractivity (Wildman–Crippen MR) is 104 cm³/mol. The van der Waals surface area contributed by atoms with Crippen LogP contribution in [0.15, 0.2) is 54.6 Å². The molecule has 1 heterocycles. The Labute approximate surface area is 155 Å². The topological polar surface area (TPSA) is 40.6 Å². The predicted octanol–water partition coefficient (Wildman–Crippen LogP) is 3.90. The van der Waals surface area contributed by atoms with E-state index in [4.69, 9.17) is 0 Å². The van der Waals surface area contributed by atoms with Crippen LogP contribution in [0.1, 0.15) is 35.7 Å². The Morgan fingerprint density at radius 1 is 1.04 bits per heavy atom. The molecule has 1 aliphatic heterocycles. The molecule has 1 fully saturated rings. The average Bonchev–Trinajstić information content (AvgIpc) is 2.69. The van der Waals surface area contributed by atoms with Gasteiger partial charge in [0, 0.05) is 36.8 Å². The van der Waals surface area contributed by atoms with Crippen LogP contribution in [0, 0.1) is 12.8 Å². The summed E-state index contributed by atoms with van der Waals surface area (Å²) in [6, 6.07) is 17.5. The van der Waals surface area contributed by atoms with Gasteiger partial charge in [-0.1, -0.05) is 35.9 Å². The maximum absolute atomic E-state index is 12.9. The van der Waals surface area contributed by atoms with Crippen molar-refractivity contribution in [2.24, 2.45) is 5.92 Å². The number of piperidine rings is 1. The number of nitrogens with zero attached hydrogens (tertiary/aromatic N) is 2. The fourth-order valence-corrected chi connectivity index (χ4v) is 3.58. The van der Waals surface area contributed by atoms with E-state index < -0.39 is 0 Å². The van der Waals surface area contributed by atoms with Crippen LogP contribution in [-0.2, 0) is 4.79 Å². The molecule has 3 rings (SSSR count). The molecule has 0 unspecified atom stereocenters. The number of hydrogen-bond donors (Lipinski definition) is 0. The maximum atomic E-state index is 12.9. The summed E-state index contributed by atoms with van der Waals surface area (Å²) in [5.74, 6) is 0.216. The van der Waals surface area contributed by atoms with Gasteiger partial charge in [0.25, 0.3) is 5.91 Å². The minimum atomic E-state index is -0.0169. The van der Waals surface area contributed by atoms with Crippen LogP contribution in [0.4, 0.5) is 5.69 Å². The van der Waals surface area contributed by atoms with Crippen LogP contribution in [-0.4, -0.2) is 36.3 Å². The van der Waals surface area contributed by atoms with E-state index in [1.165, 1.54) is 0 Å². The zero-order chi connectivity index (χ0) is 18.5. The molecule has 0 spiro atoms. The van der Waals surface area contributed by atoms with Gasteiger partial charge in [-0.15, -0.1) is 0 Å². The van der Waals surface area contributed by atoms with E-state index in [1.807, 2.05) is 78.2 Å². The van der Waals surface area contributed by atoms with Crippen molar-refractivity contribution in [3.05, 3.63) is 65.7 Å². The third-order valence-electron chi connectivity index (χ3n) is 5.05. The van der Waals surface area contributed by atoms with Gasteiger partial charge in [-0.3, -0.25) is 9.59 Å². The number of amides is 2. The SMILES string of the molecule is CCN(C(=O)C1CCN(C(=O)c2cccc(C)c2)CC1)c1ccccc1. The Morgan fingerprint density at radius 3 is 2.35 bits per heavy atom. The Balaban J connectivity index is 1.62. The molecule has 0 saturated carbocycles. The molecule has 2 aromatic rings. The van der Waals surface area contributed by atoms with Crippen molar-refractivity contribution in [3.8, 4) is 0 Å². The first-order chi connectivity index (χ1) is 12.6. The highest BCUT2D eigenvalue weighted by Crippen LogP contribution is 2.24. The van der Waals surface area contributed by atoms with Gasteiger partial charge >= 0.3 is 0 Å². The number of likely N-dealkylation sites (tertiary alicyclic amines) is 1. The molecule has 0 atom stereocenters. The van der Waals surface area contributed by atoms with Gasteiger partial charge in [0.05, 0.1) is 0 Å². The lowest BCUT2D eigenvalue weighted by Gasteiger charge is -2.34. The normalized spacial score (nSPS) is 14.9. The van der Waals surface area contributed by atoms with Crippen molar-refractivity contribution < 1.29 is 9.59 Å². The summed E-state index contributed by atoms with van der Waals surface area (Å²) >= 11 is 0. The minimum Gasteiger partial charge on any atom is -0.339 e. The van der Waals surface area contributed by atoms with E-state index in [2.05, 4.69) is 0 Å². The van der Waals surface area contributed by atoms with E-state index >= 15 is 0 Å². The van der Waals surface area contributed by atoms with Crippen LogP contribution in [0.25, 0.3) is 0 Å². The van der Waals surface area contributed by atoms with Crippen LogP contribution in [0.3, 0.4) is 0 Å². The Morgan fingerprint density at radius 2 is 1.73 bits per heavy atom. The van der Waals surface area contributed by atoms with E-state index in [-0.39, 0.29) is 17.7 Å². The van der Waals surface area contributed by atoms with Gasteiger partial charge in [0.15, 0.2) is 0 Å². The zero-order valence-electron chi connectivity index (χ0n) is 15.5. The van der Waals surface area contributed by atoms with Gasteiger partial charge in [0.1, 0.15) is 0 Å². The highest BCUT2D eigenvalue weighted by Gasteiger charge is 2.30. The summed E-state index contributed by atoms with van der Waals surface area (Å²) in [6.07, 6.45) is 1.44. The van der Waals surface area contributed by atoms with Crippen LogP contribution in [0.5, 0.6) is 0 Å². The van der Waals surface area contributed by atoms with E-state index in [0.29, 0.717) is 19.6 Å². The van der Waals surface area contributed by atoms with Crippen molar-refractivity contribution in [2.45, 2.75) is 26.7 Å². The van der Waals surface area contributed by atoms with Crippen molar-refractivity contribution >= 4 is 17.5 Å². The fraction of sp³-hybridized carbons (Fsp3) is 0.364. The van der Waals surface area contributed by atoms with Crippen molar-refractivity contribution in [3.63, 3.8) is 0 Å². The van der Waals surface area contributed by atoms with Gasteiger partial charge < -0.3 is 9.80 Å². The standard InChI is InChI=1S/C22H26N2O2/c1-3-24(20-10-5-4-6-11-20)22(26)18-12-14-23(15-13-18)21(25)19-9-7-8-17(2)16-19/h4-11,16,18H,3,12-15H2,1-2H3. The van der Waals surface area contributed by atoms with E-state index in [0.717, 1.165) is 29.7 Å². The molecule has 0 radical (unpaired) electrons. The van der Waals surface area contributed by atoms with E-state index in [9.17, 15) is 9.59 Å². The molecule has 1 aliphatic rings. The second-order valence-electron chi connectivity index (χ2n) is 6.85. The molecule has 2 aromatic carbocycles. The molecule has 1 saturated heterocycles. The Kier molecular flexibility index (Phi) is 5.71. The van der Waals surface area contributed by atoms with Gasteiger partial charge in [0.2, 0.25) is 5.91 Å². The fourth-order valence-electron chi connectivity index (χ4n) is 3.58. The highest BCUT2D eigenvalue weighted by atomic mass is 16.2. The average molecular weight is 350 g/mol. The summed E-state index contributed by atoms with van der Waals surface area (Å²) in [4.78, 5) is 29.3. The van der Waals surface area contributed by atoms with E-state index in [1.54, 1.807) is 0 Å². The molecular formula is C22H26N2O2. The first kappa shape index (κ1) is 18.2. The monoisotopic (exact) mass is 350 g/mol. The molecule has 4 heteroatoms. The van der Waals surface area contributed by atoms with Gasteiger partial charge in [-0.05, 0) is 51.0 Å². The largest absolute Gasteiger partial charge is 0.339 e. The number of aryl methyl sites for hydroxylation is 1. The molecule has 0 aromatic heterocycles. The number of benzene rings is 2. The van der Waals surface area contributed by atoms with Crippen LogP contribution >= 0.6 is 0 Å². The number of carbonyl (C=O) groups excluding carboxylic acids is 2. The lowest BCUT2D eigenvalue weighted by Crippen LogP contribution is -2.44. The second kappa shape index (κ2) is 8.17. The molecule has 0 bridgehead atoms. The summed E-state index contributed by atoms with van der Waals surface area (Å²) in [5.41, 5.74) is 2.76. The molecule has 26 heavy (non-hydrogen) atoms. The highest BCUT2D eigenvalue weighted by molar-refractivity contribution is 5.96. The van der Waals surface area contributed by atoms with Crippen molar-refractivity contribution in [1.29, 1.82) is 0 Å². The Bertz CT molecular complexity index is 765. The molecular weight excluding hydrogens is 324 g/mol. The number of rotatable bonds is 4. The zero-order valence-corrected chi connectivity index (χ0v) is 15.5. The molecule has 0 N–H and O–H groups in total. The quantitative estimate of drug-likeness (QED) is 0.839. The lowest BCUT2D eigenvalue weighted by molar-refractivity contribution is -0.123. The number of hydrogen-bond acceptors (Lipinski definition) is 2. The first-order valence-corrected chi connectivity index (χ1v) is 9.32. The van der Waals surface area contributed by atoms with Crippen molar-refractivity contribution in [2.75, 3.05) is 24.5 Å². The number of para-hydroxylation sites is 1. The van der Waals surface area contributed by atoms with Gasteiger partial charge in [-0.25, -0.2) is 0 Å². The molecule has 136 valence electrons. The maximum Gasteiger partial charge on any atom is 0.253 e. The number of carbonyl (C=O) groups is 2. The third-order valence-corrected chi connectivity index (χ3v) is 5.05. The molecule has 4 nitrogen and oxygen atoms in total. The third kappa shape index (κ3) is 3.96. The Hall–Kier alpha value is -2.62. The smallest absolute Gasteiger partial charge is 0.253 e. The van der Waals surface area contributed by atoms with Crippen molar-refractivity contribution in [1.82, 2.24) is 4.90 Å². The molecule has 2 amide bonds. The molecule has 0 aliphatic carbocycles. The van der Waals surface area contributed by atoms with Crippen LogP contribution < -0.4 is 4.90 Å².